The number of nitrogens with two attached hydrogens (primary N) is 1. The lowest BCUT2D eigenvalue weighted by atomic mass is 10.2. The predicted molar refractivity (Wildman–Crippen MR) is 112 cm³/mol. The van der Waals surface area contributed by atoms with Gasteiger partial charge in [0.05, 0.1) is 11.9 Å². The minimum Gasteiger partial charge on any atom is -0.491 e. The molecule has 152 valence electrons. The van der Waals surface area contributed by atoms with Gasteiger partial charge in [0.25, 0.3) is 0 Å². The van der Waals surface area contributed by atoms with Crippen LogP contribution in [0.2, 0.25) is 0 Å². The minimum atomic E-state index is -0.370. The average Bonchev–Trinajstić information content (AvgIpc) is 3.03. The standard InChI is InChI=1S/C20H22FN5O2S/c1-12(2)28-16-6-4-5-14(9-16)19-24-25-20(26(19)22)29-11-18(27)23-15-8-7-13(3)17(21)10-15/h4-10,12H,11,22H2,1-3H3,(H,23,27). The monoisotopic (exact) mass is 415 g/mol. The predicted octanol–water partition coefficient (Wildman–Crippen LogP) is 3.62. The maximum Gasteiger partial charge on any atom is 0.234 e. The summed E-state index contributed by atoms with van der Waals surface area (Å²) < 4.78 is 20.6. The Bertz CT molecular complexity index is 1020. The normalized spacial score (nSPS) is 10.9. The van der Waals surface area contributed by atoms with E-state index in [1.165, 1.54) is 10.7 Å². The third kappa shape index (κ3) is 5.26. The Morgan fingerprint density at radius 1 is 1.28 bits per heavy atom. The summed E-state index contributed by atoms with van der Waals surface area (Å²) >= 11 is 1.14. The number of thioether (sulfide) groups is 1. The number of anilines is 1. The smallest absolute Gasteiger partial charge is 0.234 e. The zero-order valence-corrected chi connectivity index (χ0v) is 17.2. The van der Waals surface area contributed by atoms with Gasteiger partial charge in [-0.05, 0) is 50.6 Å². The van der Waals surface area contributed by atoms with Crippen molar-refractivity contribution in [3.63, 3.8) is 0 Å². The highest BCUT2D eigenvalue weighted by Crippen LogP contribution is 2.25. The number of nitrogens with one attached hydrogen (secondary N) is 1. The minimum absolute atomic E-state index is 0.0487. The molecule has 9 heteroatoms. The second-order valence-electron chi connectivity index (χ2n) is 6.67. The Morgan fingerprint density at radius 2 is 2.07 bits per heavy atom. The second-order valence-corrected chi connectivity index (χ2v) is 7.61. The lowest BCUT2D eigenvalue weighted by Crippen LogP contribution is -2.16. The van der Waals surface area contributed by atoms with Crippen molar-refractivity contribution in [2.75, 3.05) is 16.9 Å². The van der Waals surface area contributed by atoms with Crippen molar-refractivity contribution in [3.05, 3.63) is 53.8 Å². The molecule has 7 nitrogen and oxygen atoms in total. The van der Waals surface area contributed by atoms with Crippen LogP contribution in [0.15, 0.2) is 47.6 Å². The summed E-state index contributed by atoms with van der Waals surface area (Å²) in [5, 5.41) is 11.2. The second kappa shape index (κ2) is 8.95. The summed E-state index contributed by atoms with van der Waals surface area (Å²) in [5.41, 5.74) is 1.67. The lowest BCUT2D eigenvalue weighted by Gasteiger charge is -2.10. The highest BCUT2D eigenvalue weighted by molar-refractivity contribution is 7.99. The number of rotatable bonds is 7. The van der Waals surface area contributed by atoms with E-state index in [0.717, 1.165) is 17.3 Å². The first kappa shape index (κ1) is 20.7. The van der Waals surface area contributed by atoms with Gasteiger partial charge in [-0.3, -0.25) is 4.79 Å². The molecule has 1 aromatic heterocycles. The van der Waals surface area contributed by atoms with E-state index < -0.39 is 0 Å². The van der Waals surface area contributed by atoms with Crippen LogP contribution in [0.4, 0.5) is 10.1 Å². The molecule has 3 aromatic rings. The van der Waals surface area contributed by atoms with Gasteiger partial charge >= 0.3 is 0 Å². The number of nitrogens with zero attached hydrogens (tertiary/aromatic N) is 3. The number of aromatic nitrogens is 3. The molecule has 1 heterocycles. The molecule has 0 aliphatic carbocycles. The quantitative estimate of drug-likeness (QED) is 0.452. The molecule has 0 atom stereocenters. The summed E-state index contributed by atoms with van der Waals surface area (Å²) in [5.74, 6) is 6.67. The Balaban J connectivity index is 1.65. The molecule has 0 aliphatic heterocycles. The number of hydrogen-bond donors (Lipinski definition) is 2. The van der Waals surface area contributed by atoms with Crippen LogP contribution >= 0.6 is 11.8 Å². The molecule has 3 rings (SSSR count). The van der Waals surface area contributed by atoms with E-state index in [-0.39, 0.29) is 23.6 Å². The van der Waals surface area contributed by atoms with Crippen LogP contribution in [0.3, 0.4) is 0 Å². The van der Waals surface area contributed by atoms with Gasteiger partial charge in [0.15, 0.2) is 5.82 Å². The Morgan fingerprint density at radius 3 is 2.79 bits per heavy atom. The molecule has 2 aromatic carbocycles. The summed E-state index contributed by atoms with van der Waals surface area (Å²) in [6, 6.07) is 11.9. The van der Waals surface area contributed by atoms with Gasteiger partial charge in [-0.1, -0.05) is 30.0 Å². The summed E-state index contributed by atoms with van der Waals surface area (Å²) in [6.45, 7) is 5.55. The van der Waals surface area contributed by atoms with Crippen molar-refractivity contribution in [1.29, 1.82) is 0 Å². The number of carbonyl (C=O) groups is 1. The molecule has 0 radical (unpaired) electrons. The van der Waals surface area contributed by atoms with Crippen molar-refractivity contribution in [2.24, 2.45) is 0 Å². The third-order valence-electron chi connectivity index (χ3n) is 3.92. The number of halogens is 1. The Kier molecular flexibility index (Phi) is 6.38. The molecular formula is C20H22FN5O2S. The number of amides is 1. The van der Waals surface area contributed by atoms with E-state index in [4.69, 9.17) is 10.6 Å². The lowest BCUT2D eigenvalue weighted by molar-refractivity contribution is -0.113. The third-order valence-corrected chi connectivity index (χ3v) is 4.86. The van der Waals surface area contributed by atoms with Crippen molar-refractivity contribution in [3.8, 4) is 17.1 Å². The van der Waals surface area contributed by atoms with Crippen LogP contribution < -0.4 is 15.9 Å². The SMILES string of the molecule is Cc1ccc(NC(=O)CSc2nnc(-c3cccc(OC(C)C)c3)n2N)cc1F. The van der Waals surface area contributed by atoms with Gasteiger partial charge in [0.2, 0.25) is 11.1 Å². The van der Waals surface area contributed by atoms with Crippen LogP contribution in [0.5, 0.6) is 5.75 Å². The molecule has 0 saturated heterocycles. The Labute approximate surface area is 172 Å². The van der Waals surface area contributed by atoms with Gasteiger partial charge in [-0.25, -0.2) is 9.07 Å². The number of hydrogen-bond acceptors (Lipinski definition) is 6. The van der Waals surface area contributed by atoms with Crippen molar-refractivity contribution in [2.45, 2.75) is 32.0 Å². The van der Waals surface area contributed by atoms with E-state index >= 15 is 0 Å². The number of nitrogen functional groups attached to an aromatic ring is 1. The topological polar surface area (TPSA) is 95.1 Å². The van der Waals surface area contributed by atoms with Gasteiger partial charge in [0, 0.05) is 11.3 Å². The summed E-state index contributed by atoms with van der Waals surface area (Å²) in [7, 11) is 0. The Hall–Kier alpha value is -3.07. The van der Waals surface area contributed by atoms with E-state index in [9.17, 15) is 9.18 Å². The zero-order valence-electron chi connectivity index (χ0n) is 16.3. The van der Waals surface area contributed by atoms with Crippen LogP contribution in [-0.4, -0.2) is 32.6 Å². The van der Waals surface area contributed by atoms with Gasteiger partial charge in [0.1, 0.15) is 11.6 Å². The fourth-order valence-corrected chi connectivity index (χ4v) is 3.21. The molecule has 0 saturated carbocycles. The molecule has 29 heavy (non-hydrogen) atoms. The number of benzene rings is 2. The highest BCUT2D eigenvalue weighted by atomic mass is 32.2. The maximum atomic E-state index is 13.6. The first-order chi connectivity index (χ1) is 13.8. The van der Waals surface area contributed by atoms with Crippen LogP contribution in [0, 0.1) is 12.7 Å². The molecule has 0 spiro atoms. The molecule has 0 aliphatic rings. The largest absolute Gasteiger partial charge is 0.491 e. The van der Waals surface area contributed by atoms with E-state index in [2.05, 4.69) is 15.5 Å². The molecule has 0 unspecified atom stereocenters. The van der Waals surface area contributed by atoms with Crippen LogP contribution in [-0.2, 0) is 4.79 Å². The van der Waals surface area contributed by atoms with Crippen LogP contribution in [0.25, 0.3) is 11.4 Å². The maximum absolute atomic E-state index is 13.6. The molecule has 1 amide bonds. The fraction of sp³-hybridized carbons (Fsp3) is 0.250. The van der Waals surface area contributed by atoms with Crippen molar-refractivity contribution >= 4 is 23.4 Å². The molecule has 3 N–H and O–H groups in total. The molecule has 0 bridgehead atoms. The van der Waals surface area contributed by atoms with Gasteiger partial charge < -0.3 is 15.9 Å². The van der Waals surface area contributed by atoms with E-state index in [1.54, 1.807) is 19.1 Å². The molecule has 0 fully saturated rings. The van der Waals surface area contributed by atoms with E-state index in [1.807, 2.05) is 38.1 Å². The average molecular weight is 415 g/mol. The highest BCUT2D eigenvalue weighted by Gasteiger charge is 2.15. The van der Waals surface area contributed by atoms with Crippen molar-refractivity contribution in [1.82, 2.24) is 14.9 Å². The summed E-state index contributed by atoms with van der Waals surface area (Å²) in [4.78, 5) is 12.1. The number of carbonyl (C=O) groups excluding carboxylic acids is 1. The first-order valence-electron chi connectivity index (χ1n) is 9.00. The zero-order chi connectivity index (χ0) is 21.0. The first-order valence-corrected chi connectivity index (χ1v) is 9.98. The fourth-order valence-electron chi connectivity index (χ4n) is 2.55. The van der Waals surface area contributed by atoms with Crippen LogP contribution in [0.1, 0.15) is 19.4 Å². The van der Waals surface area contributed by atoms with E-state index in [0.29, 0.717) is 28.0 Å². The number of aryl methyl sites for hydroxylation is 1. The molecular weight excluding hydrogens is 393 g/mol. The van der Waals surface area contributed by atoms with Crippen molar-refractivity contribution < 1.29 is 13.9 Å². The van der Waals surface area contributed by atoms with Gasteiger partial charge in [-0.2, -0.15) is 0 Å². The summed E-state index contributed by atoms with van der Waals surface area (Å²) in [6.07, 6.45) is 0.0487. The van der Waals surface area contributed by atoms with Gasteiger partial charge in [-0.15, -0.1) is 10.2 Å². The number of ether oxygens (including phenoxy) is 1.